The monoisotopic (exact) mass is 339 g/mol. The summed E-state index contributed by atoms with van der Waals surface area (Å²) in [7, 11) is 0. The molecular weight excluding hydrogens is 322 g/mol. The predicted octanol–water partition coefficient (Wildman–Crippen LogP) is 3.62. The van der Waals surface area contributed by atoms with E-state index in [0.717, 1.165) is 6.42 Å². The summed E-state index contributed by atoms with van der Waals surface area (Å²) in [5.41, 5.74) is 0.873. The number of ether oxygens (including phenoxy) is 1. The molecule has 4 rings (SSSR count). The maximum absolute atomic E-state index is 12.7. The minimum atomic E-state index is -0.528. The van der Waals surface area contributed by atoms with Crippen molar-refractivity contribution in [1.82, 2.24) is 0 Å². The van der Waals surface area contributed by atoms with Crippen LogP contribution in [-0.4, -0.2) is 24.4 Å². The van der Waals surface area contributed by atoms with Crippen LogP contribution in [0.4, 0.5) is 5.69 Å². The zero-order valence-corrected chi connectivity index (χ0v) is 13.7. The van der Waals surface area contributed by atoms with E-state index in [1.165, 1.54) is 6.26 Å². The number of nitrogens with one attached hydrogen (secondary N) is 1. The van der Waals surface area contributed by atoms with E-state index in [1.54, 1.807) is 30.3 Å². The molecule has 0 bridgehead atoms. The standard InChI is InChI=1S/C19H17NO5/c1-11-8-10-24-17(11)19(22)20-15-12-5-2-3-6-13(12)25-18(15)16(21)14-7-4-9-23-14/h2-7,9,11,17H,8,10H2,1H3,(H,20,22)/t11-,17+/m1/s1. The molecule has 0 spiro atoms. The molecule has 1 aliphatic heterocycles. The van der Waals surface area contributed by atoms with Crippen molar-refractivity contribution in [2.24, 2.45) is 5.92 Å². The first kappa shape index (κ1) is 15.7. The number of fused-ring (bicyclic) bond motifs is 1. The van der Waals surface area contributed by atoms with Crippen LogP contribution < -0.4 is 5.32 Å². The number of rotatable bonds is 4. The Labute approximate surface area is 143 Å². The molecule has 0 aliphatic carbocycles. The van der Waals surface area contributed by atoms with Crippen molar-refractivity contribution < 1.29 is 23.2 Å². The third-order valence-corrected chi connectivity index (χ3v) is 4.44. The lowest BCUT2D eigenvalue weighted by Gasteiger charge is -2.14. The normalized spacial score (nSPS) is 20.0. The molecule has 0 saturated carbocycles. The van der Waals surface area contributed by atoms with Crippen molar-refractivity contribution in [2.45, 2.75) is 19.4 Å². The second-order valence-electron chi connectivity index (χ2n) is 6.16. The van der Waals surface area contributed by atoms with Crippen molar-refractivity contribution in [3.63, 3.8) is 0 Å². The Bertz CT molecular complexity index is 925. The average molecular weight is 339 g/mol. The number of anilines is 1. The molecule has 3 heterocycles. The summed E-state index contributed by atoms with van der Waals surface area (Å²) in [6.45, 7) is 2.53. The zero-order chi connectivity index (χ0) is 17.4. The minimum absolute atomic E-state index is 0.0511. The minimum Gasteiger partial charge on any atom is -0.461 e. The molecule has 1 amide bonds. The Hall–Kier alpha value is -2.86. The van der Waals surface area contributed by atoms with Gasteiger partial charge < -0.3 is 18.9 Å². The second kappa shape index (κ2) is 6.22. The molecule has 6 nitrogen and oxygen atoms in total. The van der Waals surface area contributed by atoms with Gasteiger partial charge >= 0.3 is 0 Å². The van der Waals surface area contributed by atoms with Crippen LogP contribution in [0.25, 0.3) is 11.0 Å². The number of para-hydroxylation sites is 1. The number of furan rings is 2. The third kappa shape index (κ3) is 2.74. The number of hydrogen-bond acceptors (Lipinski definition) is 5. The van der Waals surface area contributed by atoms with Gasteiger partial charge in [0.15, 0.2) is 5.76 Å². The van der Waals surface area contributed by atoms with Crippen LogP contribution in [0.1, 0.15) is 29.7 Å². The summed E-state index contributed by atoms with van der Waals surface area (Å²) in [6, 6.07) is 10.4. The van der Waals surface area contributed by atoms with E-state index in [0.29, 0.717) is 23.3 Å². The number of carbonyl (C=O) groups is 2. The molecule has 0 unspecified atom stereocenters. The van der Waals surface area contributed by atoms with E-state index in [2.05, 4.69) is 5.32 Å². The van der Waals surface area contributed by atoms with Gasteiger partial charge in [0.1, 0.15) is 11.7 Å². The lowest BCUT2D eigenvalue weighted by Crippen LogP contribution is -2.31. The Kier molecular flexibility index (Phi) is 3.89. The van der Waals surface area contributed by atoms with E-state index in [9.17, 15) is 9.59 Å². The zero-order valence-electron chi connectivity index (χ0n) is 13.7. The van der Waals surface area contributed by atoms with Crippen molar-refractivity contribution in [2.75, 3.05) is 11.9 Å². The Morgan fingerprint density at radius 3 is 2.72 bits per heavy atom. The Morgan fingerprint density at radius 1 is 1.16 bits per heavy atom. The van der Waals surface area contributed by atoms with Crippen LogP contribution in [0.15, 0.2) is 51.5 Å². The Balaban J connectivity index is 1.74. The van der Waals surface area contributed by atoms with Gasteiger partial charge in [-0.1, -0.05) is 19.1 Å². The highest BCUT2D eigenvalue weighted by Gasteiger charge is 2.33. The number of hydrogen-bond donors (Lipinski definition) is 1. The van der Waals surface area contributed by atoms with Crippen LogP contribution >= 0.6 is 0 Å². The van der Waals surface area contributed by atoms with E-state index in [1.807, 2.05) is 13.0 Å². The summed E-state index contributed by atoms with van der Waals surface area (Å²) in [5.74, 6) is -0.362. The van der Waals surface area contributed by atoms with Gasteiger partial charge in [-0.05, 0) is 36.6 Å². The lowest BCUT2D eigenvalue weighted by molar-refractivity contribution is -0.126. The van der Waals surface area contributed by atoms with Crippen molar-refractivity contribution in [3.05, 3.63) is 54.2 Å². The van der Waals surface area contributed by atoms with Gasteiger partial charge in [-0.3, -0.25) is 9.59 Å². The van der Waals surface area contributed by atoms with Crippen LogP contribution in [-0.2, 0) is 9.53 Å². The summed E-state index contributed by atoms with van der Waals surface area (Å²) in [5, 5.41) is 3.49. The van der Waals surface area contributed by atoms with Gasteiger partial charge in [-0.25, -0.2) is 0 Å². The maximum atomic E-state index is 12.7. The average Bonchev–Trinajstić information content (AvgIpc) is 3.34. The van der Waals surface area contributed by atoms with Crippen LogP contribution in [0.2, 0.25) is 0 Å². The topological polar surface area (TPSA) is 81.7 Å². The van der Waals surface area contributed by atoms with Crippen LogP contribution in [0.3, 0.4) is 0 Å². The molecule has 25 heavy (non-hydrogen) atoms. The summed E-state index contributed by atoms with van der Waals surface area (Å²) >= 11 is 0. The molecule has 1 saturated heterocycles. The molecule has 1 aromatic carbocycles. The Morgan fingerprint density at radius 2 is 2.00 bits per heavy atom. The first-order chi connectivity index (χ1) is 12.1. The highest BCUT2D eigenvalue weighted by Crippen LogP contribution is 2.33. The number of amides is 1. The molecular formula is C19H17NO5. The first-order valence-electron chi connectivity index (χ1n) is 8.17. The number of ketones is 1. The summed E-state index contributed by atoms with van der Waals surface area (Å²) in [4.78, 5) is 25.3. The van der Waals surface area contributed by atoms with Crippen molar-refractivity contribution in [3.8, 4) is 0 Å². The molecule has 128 valence electrons. The number of carbonyl (C=O) groups excluding carboxylic acids is 2. The van der Waals surface area contributed by atoms with Crippen molar-refractivity contribution >= 4 is 28.3 Å². The molecule has 6 heteroatoms. The molecule has 3 aromatic rings. The molecule has 2 aromatic heterocycles. The highest BCUT2D eigenvalue weighted by atomic mass is 16.5. The third-order valence-electron chi connectivity index (χ3n) is 4.44. The fourth-order valence-electron chi connectivity index (χ4n) is 3.07. The van der Waals surface area contributed by atoms with E-state index in [4.69, 9.17) is 13.6 Å². The van der Waals surface area contributed by atoms with Gasteiger partial charge in [0, 0.05) is 12.0 Å². The first-order valence-corrected chi connectivity index (χ1v) is 8.17. The molecule has 1 aliphatic rings. The molecule has 1 fully saturated rings. The largest absolute Gasteiger partial charge is 0.461 e. The molecule has 1 N–H and O–H groups in total. The predicted molar refractivity (Wildman–Crippen MR) is 90.5 cm³/mol. The molecule has 2 atom stereocenters. The van der Waals surface area contributed by atoms with Crippen LogP contribution in [0.5, 0.6) is 0 Å². The van der Waals surface area contributed by atoms with Gasteiger partial charge in [-0.15, -0.1) is 0 Å². The summed E-state index contributed by atoms with van der Waals surface area (Å²) < 4.78 is 16.4. The highest BCUT2D eigenvalue weighted by molar-refractivity contribution is 6.16. The smallest absolute Gasteiger partial charge is 0.265 e. The van der Waals surface area contributed by atoms with Crippen molar-refractivity contribution in [1.29, 1.82) is 0 Å². The second-order valence-corrected chi connectivity index (χ2v) is 6.16. The quantitative estimate of drug-likeness (QED) is 0.734. The van der Waals surface area contributed by atoms with Gasteiger partial charge in [-0.2, -0.15) is 0 Å². The van der Waals surface area contributed by atoms with Gasteiger partial charge in [0.05, 0.1) is 12.0 Å². The fourth-order valence-corrected chi connectivity index (χ4v) is 3.07. The summed E-state index contributed by atoms with van der Waals surface area (Å²) in [6.07, 6.45) is 1.73. The van der Waals surface area contributed by atoms with E-state index < -0.39 is 11.9 Å². The van der Waals surface area contributed by atoms with E-state index in [-0.39, 0.29) is 23.3 Å². The van der Waals surface area contributed by atoms with E-state index >= 15 is 0 Å². The number of benzene rings is 1. The maximum Gasteiger partial charge on any atom is 0.265 e. The molecule has 0 radical (unpaired) electrons. The van der Waals surface area contributed by atoms with Gasteiger partial charge in [0.2, 0.25) is 5.76 Å². The fraction of sp³-hybridized carbons (Fsp3) is 0.263. The SMILES string of the molecule is C[C@@H]1CCO[C@@H]1C(=O)Nc1c(C(=O)c2ccco2)oc2ccccc12. The lowest BCUT2D eigenvalue weighted by atomic mass is 10.0. The van der Waals surface area contributed by atoms with Crippen LogP contribution in [0, 0.1) is 5.92 Å². The van der Waals surface area contributed by atoms with Gasteiger partial charge in [0.25, 0.3) is 11.7 Å².